The van der Waals surface area contributed by atoms with E-state index in [0.29, 0.717) is 34.9 Å². The maximum atomic E-state index is 12.0. The first-order chi connectivity index (χ1) is 10.6. The molecular weight excluding hydrogens is 306 g/mol. The van der Waals surface area contributed by atoms with Crippen molar-refractivity contribution in [3.8, 4) is 0 Å². The second kappa shape index (κ2) is 4.77. The van der Waals surface area contributed by atoms with Crippen molar-refractivity contribution >= 4 is 29.0 Å². The number of nitrogens with one attached hydrogen (secondary N) is 2. The molecule has 1 saturated carbocycles. The molecule has 0 atom stereocenters. The van der Waals surface area contributed by atoms with E-state index >= 15 is 0 Å². The predicted molar refractivity (Wildman–Crippen MR) is 77.4 cm³/mol. The van der Waals surface area contributed by atoms with Gasteiger partial charge in [0.25, 0.3) is 5.91 Å². The number of amides is 3. The number of hydrogen-bond acceptors (Lipinski definition) is 7. The fraction of sp³-hybridized carbons (Fsp3) is 0.417. The third kappa shape index (κ3) is 2.11. The first kappa shape index (κ1) is 13.2. The van der Waals surface area contributed by atoms with Crippen LogP contribution in [0, 0.1) is 0 Å². The van der Waals surface area contributed by atoms with Crippen LogP contribution in [-0.4, -0.2) is 46.6 Å². The standard InChI is InChI=1S/C12H13N7O2S/c1-18-12(21)19-5-13-8(9(19)16-17-18)11-15-7(4-22-11)10(20)14-6-2-3-6/h4,6,13H,2-3,5H2,1H3,(H,14,20). The molecule has 2 N–H and O–H groups in total. The SMILES string of the molecule is CN1N=NC2=C(c3nc(C(=O)NC4CC4)cs3)NCN2C1=O. The Morgan fingerprint density at radius 2 is 2.32 bits per heavy atom. The maximum Gasteiger partial charge on any atom is 0.348 e. The highest BCUT2D eigenvalue weighted by Crippen LogP contribution is 2.30. The van der Waals surface area contributed by atoms with Crippen molar-refractivity contribution in [1.82, 2.24) is 25.5 Å². The van der Waals surface area contributed by atoms with E-state index in [1.54, 1.807) is 12.4 Å². The van der Waals surface area contributed by atoms with Crippen LogP contribution in [0.2, 0.25) is 0 Å². The lowest BCUT2D eigenvalue weighted by Gasteiger charge is -2.23. The molecule has 0 unspecified atom stereocenters. The number of aromatic nitrogens is 1. The van der Waals surface area contributed by atoms with Gasteiger partial charge in [0, 0.05) is 18.5 Å². The van der Waals surface area contributed by atoms with Gasteiger partial charge in [0.1, 0.15) is 16.4 Å². The molecule has 1 aliphatic carbocycles. The van der Waals surface area contributed by atoms with E-state index < -0.39 is 0 Å². The van der Waals surface area contributed by atoms with Gasteiger partial charge < -0.3 is 10.6 Å². The molecule has 0 saturated heterocycles. The first-order valence-corrected chi connectivity index (χ1v) is 7.73. The average molecular weight is 319 g/mol. The lowest BCUT2D eigenvalue weighted by Crippen LogP contribution is -2.40. The summed E-state index contributed by atoms with van der Waals surface area (Å²) < 4.78 is 0. The zero-order valence-electron chi connectivity index (χ0n) is 11.7. The van der Waals surface area contributed by atoms with Gasteiger partial charge in [0.2, 0.25) is 0 Å². The summed E-state index contributed by atoms with van der Waals surface area (Å²) in [4.78, 5) is 29.8. The molecule has 114 valence electrons. The Morgan fingerprint density at radius 1 is 1.50 bits per heavy atom. The number of rotatable bonds is 3. The summed E-state index contributed by atoms with van der Waals surface area (Å²) in [6.07, 6.45) is 2.06. The van der Waals surface area contributed by atoms with Crippen molar-refractivity contribution in [3.63, 3.8) is 0 Å². The van der Waals surface area contributed by atoms with E-state index in [2.05, 4.69) is 26.0 Å². The lowest BCUT2D eigenvalue weighted by molar-refractivity contribution is 0.0946. The summed E-state index contributed by atoms with van der Waals surface area (Å²) in [5.74, 6) is 0.276. The van der Waals surface area contributed by atoms with Crippen LogP contribution in [0.4, 0.5) is 4.79 Å². The van der Waals surface area contributed by atoms with Crippen molar-refractivity contribution in [2.45, 2.75) is 18.9 Å². The van der Waals surface area contributed by atoms with Crippen LogP contribution in [0.3, 0.4) is 0 Å². The zero-order valence-corrected chi connectivity index (χ0v) is 12.6. The fourth-order valence-corrected chi connectivity index (χ4v) is 3.00. The van der Waals surface area contributed by atoms with Crippen LogP contribution in [0.1, 0.15) is 28.3 Å². The van der Waals surface area contributed by atoms with Crippen molar-refractivity contribution in [2.24, 2.45) is 10.3 Å². The number of hydrogen-bond donors (Lipinski definition) is 2. The summed E-state index contributed by atoms with van der Waals surface area (Å²) >= 11 is 1.33. The third-order valence-corrected chi connectivity index (χ3v) is 4.40. The van der Waals surface area contributed by atoms with Crippen LogP contribution in [0.5, 0.6) is 0 Å². The molecule has 3 amide bonds. The predicted octanol–water partition coefficient (Wildman–Crippen LogP) is 0.957. The minimum absolute atomic E-state index is 0.161. The molecule has 0 radical (unpaired) electrons. The third-order valence-electron chi connectivity index (χ3n) is 3.54. The number of nitrogens with zero attached hydrogens (tertiary/aromatic N) is 5. The summed E-state index contributed by atoms with van der Waals surface area (Å²) in [6.45, 7) is 0.316. The number of carbonyl (C=O) groups is 2. The molecule has 2 aliphatic heterocycles. The highest BCUT2D eigenvalue weighted by molar-refractivity contribution is 7.11. The van der Waals surface area contributed by atoms with E-state index in [1.165, 1.54) is 21.2 Å². The summed E-state index contributed by atoms with van der Waals surface area (Å²) in [7, 11) is 1.55. The van der Waals surface area contributed by atoms with Crippen molar-refractivity contribution in [1.29, 1.82) is 0 Å². The summed E-state index contributed by atoms with van der Waals surface area (Å²) in [6, 6.07) is 0.0378. The molecular formula is C12H13N7O2S. The van der Waals surface area contributed by atoms with Gasteiger partial charge in [-0.15, -0.1) is 16.5 Å². The van der Waals surface area contributed by atoms with Gasteiger partial charge in [0.05, 0.1) is 6.67 Å². The second-order valence-corrected chi connectivity index (χ2v) is 6.10. The van der Waals surface area contributed by atoms with Crippen LogP contribution in [-0.2, 0) is 0 Å². The Bertz CT molecular complexity index is 721. The van der Waals surface area contributed by atoms with E-state index in [9.17, 15) is 9.59 Å². The Morgan fingerprint density at radius 3 is 3.09 bits per heavy atom. The number of fused-ring (bicyclic) bond motifs is 1. The van der Waals surface area contributed by atoms with E-state index in [0.717, 1.165) is 12.8 Å². The Labute approximate surface area is 129 Å². The Balaban J connectivity index is 1.62. The molecule has 0 aromatic carbocycles. The van der Waals surface area contributed by atoms with Gasteiger partial charge in [-0.1, -0.05) is 5.22 Å². The zero-order chi connectivity index (χ0) is 15.3. The molecule has 0 spiro atoms. The number of carbonyl (C=O) groups excluding carboxylic acids is 2. The molecule has 10 heteroatoms. The minimum atomic E-state index is -0.254. The topological polar surface area (TPSA) is 102 Å². The van der Waals surface area contributed by atoms with Crippen LogP contribution >= 0.6 is 11.3 Å². The normalized spacial score (nSPS) is 20.3. The molecule has 9 nitrogen and oxygen atoms in total. The van der Waals surface area contributed by atoms with Crippen LogP contribution in [0.15, 0.2) is 21.5 Å². The van der Waals surface area contributed by atoms with E-state index in [1.807, 2.05) is 0 Å². The lowest BCUT2D eigenvalue weighted by atomic mass is 10.4. The molecule has 3 heterocycles. The van der Waals surface area contributed by atoms with E-state index in [4.69, 9.17) is 0 Å². The van der Waals surface area contributed by atoms with Gasteiger partial charge in [-0.05, 0) is 12.8 Å². The molecule has 3 aliphatic rings. The minimum Gasteiger partial charge on any atom is -0.362 e. The summed E-state index contributed by atoms with van der Waals surface area (Å²) in [5, 5.41) is 17.3. The average Bonchev–Trinajstić information content (AvgIpc) is 3.04. The molecule has 1 aromatic heterocycles. The molecule has 22 heavy (non-hydrogen) atoms. The number of thiazole rings is 1. The van der Waals surface area contributed by atoms with Gasteiger partial charge >= 0.3 is 6.03 Å². The Hall–Kier alpha value is -2.49. The molecule has 1 aromatic rings. The molecule has 4 rings (SSSR count). The fourth-order valence-electron chi connectivity index (χ4n) is 2.18. The second-order valence-electron chi connectivity index (χ2n) is 5.24. The largest absolute Gasteiger partial charge is 0.362 e. The van der Waals surface area contributed by atoms with Gasteiger partial charge in [-0.25, -0.2) is 9.78 Å². The van der Waals surface area contributed by atoms with Crippen molar-refractivity contribution in [2.75, 3.05) is 13.7 Å². The number of urea groups is 1. The highest BCUT2D eigenvalue weighted by Gasteiger charge is 2.35. The summed E-state index contributed by atoms with van der Waals surface area (Å²) in [5.41, 5.74) is 1.01. The quantitative estimate of drug-likeness (QED) is 0.866. The van der Waals surface area contributed by atoms with Crippen LogP contribution in [0.25, 0.3) is 5.70 Å². The van der Waals surface area contributed by atoms with Crippen LogP contribution < -0.4 is 10.6 Å². The smallest absolute Gasteiger partial charge is 0.348 e. The Kier molecular flexibility index (Phi) is 2.86. The van der Waals surface area contributed by atoms with Gasteiger partial charge in [0.15, 0.2) is 5.82 Å². The van der Waals surface area contributed by atoms with Gasteiger partial charge in [-0.3, -0.25) is 9.69 Å². The maximum absolute atomic E-state index is 12.0. The first-order valence-electron chi connectivity index (χ1n) is 6.85. The molecule has 1 fully saturated rings. The monoisotopic (exact) mass is 319 g/mol. The highest BCUT2D eigenvalue weighted by atomic mass is 32.1. The van der Waals surface area contributed by atoms with Crippen molar-refractivity contribution < 1.29 is 9.59 Å². The van der Waals surface area contributed by atoms with E-state index in [-0.39, 0.29) is 11.9 Å². The van der Waals surface area contributed by atoms with Gasteiger partial charge in [-0.2, -0.15) is 5.01 Å². The van der Waals surface area contributed by atoms with Crippen molar-refractivity contribution in [3.05, 3.63) is 21.9 Å². The molecule has 0 bridgehead atoms.